The van der Waals surface area contributed by atoms with E-state index in [1.54, 1.807) is 12.1 Å². The highest BCUT2D eigenvalue weighted by Crippen LogP contribution is 2.32. The molecule has 0 spiro atoms. The summed E-state index contributed by atoms with van der Waals surface area (Å²) < 4.78 is 48.0. The monoisotopic (exact) mass is 522 g/mol. The third-order valence-corrected chi connectivity index (χ3v) is 6.05. The van der Waals surface area contributed by atoms with E-state index in [1.165, 1.54) is 23.6 Å². The van der Waals surface area contributed by atoms with Crippen molar-refractivity contribution in [3.63, 3.8) is 0 Å². The molecule has 1 saturated heterocycles. The minimum atomic E-state index is -4.98. The number of Topliss-reactive ketones (excluding diaryl/α,β-unsaturated/α-hetero) is 1. The zero-order valence-corrected chi connectivity index (χ0v) is 19.6. The number of pyridine rings is 1. The summed E-state index contributed by atoms with van der Waals surface area (Å²) in [5, 5.41) is 11.4. The summed E-state index contributed by atoms with van der Waals surface area (Å²) in [6.45, 7) is 1.92. The first kappa shape index (κ1) is 25.5. The molecule has 2 aromatic heterocycles. The number of hydrogen-bond acceptors (Lipinski definition) is 10. The summed E-state index contributed by atoms with van der Waals surface area (Å²) in [5.41, 5.74) is 6.19. The zero-order valence-electron chi connectivity index (χ0n) is 18.7. The van der Waals surface area contributed by atoms with Crippen LogP contribution in [-0.2, 0) is 16.0 Å². The second-order valence-corrected chi connectivity index (χ2v) is 8.83. The van der Waals surface area contributed by atoms with E-state index in [4.69, 9.17) is 10.5 Å². The van der Waals surface area contributed by atoms with Crippen LogP contribution in [0.5, 0.6) is 5.75 Å². The molecule has 36 heavy (non-hydrogen) atoms. The molecule has 0 radical (unpaired) electrons. The molecule has 190 valence electrons. The van der Waals surface area contributed by atoms with Crippen LogP contribution in [0.3, 0.4) is 0 Å². The second kappa shape index (κ2) is 11.0. The third-order valence-electron chi connectivity index (χ3n) is 5.08. The van der Waals surface area contributed by atoms with Crippen LogP contribution in [0.15, 0.2) is 36.5 Å². The average molecular weight is 523 g/mol. The maximum Gasteiger partial charge on any atom is 0.573 e. The van der Waals surface area contributed by atoms with Crippen molar-refractivity contribution < 1.29 is 32.2 Å². The summed E-state index contributed by atoms with van der Waals surface area (Å²) in [6, 6.07) is 6.68. The molecule has 3 heterocycles. The van der Waals surface area contributed by atoms with Crippen LogP contribution in [0.4, 0.5) is 24.7 Å². The van der Waals surface area contributed by atoms with Crippen LogP contribution >= 0.6 is 11.3 Å². The Balaban J connectivity index is 1.50. The number of alkyl halides is 3. The summed E-state index contributed by atoms with van der Waals surface area (Å²) >= 11 is 1.18. The minimum absolute atomic E-state index is 0.0416. The molecule has 10 nitrogen and oxygen atoms in total. The van der Waals surface area contributed by atoms with Crippen molar-refractivity contribution >= 4 is 34.5 Å². The van der Waals surface area contributed by atoms with Gasteiger partial charge in [0.25, 0.3) is 0 Å². The minimum Gasteiger partial charge on any atom is -0.404 e. The molecule has 14 heteroatoms. The molecule has 1 aliphatic rings. The number of carbonyl (C=O) groups is 2. The summed E-state index contributed by atoms with van der Waals surface area (Å²) in [4.78, 5) is 31.1. The van der Waals surface area contributed by atoms with Crippen LogP contribution in [0, 0.1) is 0 Å². The van der Waals surface area contributed by atoms with Crippen LogP contribution in [0.2, 0.25) is 0 Å². The summed E-state index contributed by atoms with van der Waals surface area (Å²) in [6.07, 6.45) is -3.59. The third kappa shape index (κ3) is 6.96. The van der Waals surface area contributed by atoms with Crippen molar-refractivity contribution in [2.45, 2.75) is 12.8 Å². The molecular formula is C22H21F3N6O4S. The van der Waals surface area contributed by atoms with Gasteiger partial charge in [-0.3, -0.25) is 14.5 Å². The van der Waals surface area contributed by atoms with Gasteiger partial charge in [0.1, 0.15) is 15.8 Å². The van der Waals surface area contributed by atoms with Gasteiger partial charge < -0.3 is 20.5 Å². The maximum atomic E-state index is 12.9. The van der Waals surface area contributed by atoms with Gasteiger partial charge in [0.2, 0.25) is 5.91 Å². The lowest BCUT2D eigenvalue weighted by Crippen LogP contribution is -2.41. The number of aromatic nitrogens is 3. The molecule has 3 aromatic rings. The van der Waals surface area contributed by atoms with Gasteiger partial charge in [-0.05, 0) is 30.3 Å². The van der Waals surface area contributed by atoms with Gasteiger partial charge in [0.05, 0.1) is 31.9 Å². The van der Waals surface area contributed by atoms with Crippen molar-refractivity contribution in [2.75, 3.05) is 43.9 Å². The number of benzene rings is 1. The number of ketones is 1. The van der Waals surface area contributed by atoms with E-state index in [0.717, 1.165) is 12.1 Å². The smallest absolute Gasteiger partial charge is 0.404 e. The first-order valence-corrected chi connectivity index (χ1v) is 11.5. The first-order valence-electron chi connectivity index (χ1n) is 10.7. The lowest BCUT2D eigenvalue weighted by Gasteiger charge is -2.26. The molecule has 1 aliphatic heterocycles. The van der Waals surface area contributed by atoms with E-state index in [0.29, 0.717) is 47.7 Å². The number of amides is 1. The number of carbonyl (C=O) groups excluding carboxylic acids is 2. The molecular weight excluding hydrogens is 501 g/mol. The number of halogens is 3. The van der Waals surface area contributed by atoms with E-state index in [2.05, 4.69) is 25.2 Å². The Morgan fingerprint density at radius 2 is 1.94 bits per heavy atom. The molecule has 1 aromatic carbocycles. The van der Waals surface area contributed by atoms with Gasteiger partial charge in [-0.1, -0.05) is 11.3 Å². The van der Waals surface area contributed by atoms with Gasteiger partial charge in [0.15, 0.2) is 11.5 Å². The van der Waals surface area contributed by atoms with E-state index in [9.17, 15) is 22.8 Å². The van der Waals surface area contributed by atoms with Crippen LogP contribution < -0.4 is 15.8 Å². The van der Waals surface area contributed by atoms with Crippen molar-refractivity contribution in [3.8, 4) is 16.3 Å². The zero-order chi connectivity index (χ0) is 25.7. The molecule has 0 atom stereocenters. The standard InChI is InChI=1S/C22H21F3N6O4S/c23-22(24,25)35-17-2-1-13(9-15(17)28-19(33)12-31-5-7-34-8-6-31)16(32)11-20-29-30-21(36-20)14-3-4-27-18(26)10-14/h1-4,9-10H,5-8,11-12H2,(H2,26,27)(H,28,33). The molecule has 0 saturated carbocycles. The highest BCUT2D eigenvalue weighted by Gasteiger charge is 2.32. The van der Waals surface area contributed by atoms with E-state index < -0.39 is 23.8 Å². The molecule has 1 fully saturated rings. The molecule has 1 amide bonds. The molecule has 3 N–H and O–H groups in total. The number of nitrogens with two attached hydrogens (primary N) is 1. The lowest BCUT2D eigenvalue weighted by atomic mass is 10.1. The topological polar surface area (TPSA) is 133 Å². The van der Waals surface area contributed by atoms with Crippen molar-refractivity contribution in [3.05, 3.63) is 47.1 Å². The first-order chi connectivity index (χ1) is 17.2. The second-order valence-electron chi connectivity index (χ2n) is 7.77. The van der Waals surface area contributed by atoms with Crippen molar-refractivity contribution in [2.24, 2.45) is 0 Å². The number of anilines is 2. The van der Waals surface area contributed by atoms with Gasteiger partial charge in [-0.25, -0.2) is 4.98 Å². The number of nitrogen functional groups attached to an aromatic ring is 1. The summed E-state index contributed by atoms with van der Waals surface area (Å²) in [5.74, 6) is -1.28. The van der Waals surface area contributed by atoms with Crippen LogP contribution in [-0.4, -0.2) is 71.0 Å². The van der Waals surface area contributed by atoms with Crippen molar-refractivity contribution in [1.29, 1.82) is 0 Å². The Kier molecular flexibility index (Phi) is 7.76. The van der Waals surface area contributed by atoms with Gasteiger partial charge in [0, 0.05) is 30.4 Å². The fourth-order valence-corrected chi connectivity index (χ4v) is 4.26. The highest BCUT2D eigenvalue weighted by molar-refractivity contribution is 7.14. The fraction of sp³-hybridized carbons (Fsp3) is 0.318. The van der Waals surface area contributed by atoms with Crippen LogP contribution in [0.1, 0.15) is 15.4 Å². The highest BCUT2D eigenvalue weighted by atomic mass is 32.1. The van der Waals surface area contributed by atoms with Crippen molar-refractivity contribution in [1.82, 2.24) is 20.1 Å². The quantitative estimate of drug-likeness (QED) is 0.429. The Morgan fingerprint density at radius 1 is 1.17 bits per heavy atom. The number of hydrogen-bond donors (Lipinski definition) is 2. The Hall–Kier alpha value is -3.62. The Bertz CT molecular complexity index is 1250. The van der Waals surface area contributed by atoms with Gasteiger partial charge in [-0.15, -0.1) is 23.4 Å². The SMILES string of the molecule is Nc1cc(-c2nnc(CC(=O)c3ccc(OC(F)(F)F)c(NC(=O)CN4CCOCC4)c3)s2)ccn1. The Morgan fingerprint density at radius 3 is 2.67 bits per heavy atom. The van der Waals surface area contributed by atoms with Crippen LogP contribution in [0.25, 0.3) is 10.6 Å². The number of nitrogens with one attached hydrogen (secondary N) is 1. The van der Waals surface area contributed by atoms with E-state index in [1.807, 2.05) is 4.90 Å². The number of rotatable bonds is 8. The number of ether oxygens (including phenoxy) is 2. The van der Waals surface area contributed by atoms with E-state index >= 15 is 0 Å². The largest absolute Gasteiger partial charge is 0.573 e. The Labute approximate surface area is 207 Å². The normalized spacial score (nSPS) is 14.4. The lowest BCUT2D eigenvalue weighted by molar-refractivity contribution is -0.274. The number of morpholine rings is 1. The average Bonchev–Trinajstić information content (AvgIpc) is 3.28. The molecule has 0 bridgehead atoms. The maximum absolute atomic E-state index is 12.9. The van der Waals surface area contributed by atoms with E-state index in [-0.39, 0.29) is 24.2 Å². The number of nitrogens with zero attached hydrogens (tertiary/aromatic N) is 4. The fourth-order valence-electron chi connectivity index (χ4n) is 3.43. The van der Waals surface area contributed by atoms with Gasteiger partial charge in [-0.2, -0.15) is 0 Å². The molecule has 0 aliphatic carbocycles. The molecule has 4 rings (SSSR count). The summed E-state index contributed by atoms with van der Waals surface area (Å²) in [7, 11) is 0. The molecule has 0 unspecified atom stereocenters. The van der Waals surface area contributed by atoms with Gasteiger partial charge >= 0.3 is 6.36 Å². The predicted molar refractivity (Wildman–Crippen MR) is 125 cm³/mol. The predicted octanol–water partition coefficient (Wildman–Crippen LogP) is 2.78.